The molecular weight excluding hydrogens is 479 g/mol. The van der Waals surface area contributed by atoms with Gasteiger partial charge >= 0.3 is 11.3 Å². The topological polar surface area (TPSA) is 106 Å². The van der Waals surface area contributed by atoms with Gasteiger partial charge in [-0.3, -0.25) is 13.9 Å². The molecule has 1 N–H and O–H groups in total. The standard InChI is InChI=1S/C27H27FN4O5/c1-31-13-11-21(16-24(31)25-29-22-10-9-20(28)15-23(22)30-25)35-17-19-8-5-7-18(14-19)6-3-2-4-12-32-36-26(33)27(34)37-32/h5,7-10,14-15,21,24H,2,4,11-13,16-17H2,1H3,(H,29,30). The van der Waals surface area contributed by atoms with Gasteiger partial charge in [-0.15, -0.1) is 0 Å². The normalized spacial score (nSPS) is 18.1. The van der Waals surface area contributed by atoms with Crippen LogP contribution in [0.25, 0.3) is 11.0 Å². The van der Waals surface area contributed by atoms with Crippen LogP contribution in [0.4, 0.5) is 4.39 Å². The maximum Gasteiger partial charge on any atom is 0.446 e. The van der Waals surface area contributed by atoms with Gasteiger partial charge in [-0.05, 0) is 62.2 Å². The van der Waals surface area contributed by atoms with Gasteiger partial charge in [-0.1, -0.05) is 28.9 Å². The number of aromatic nitrogens is 3. The first-order valence-electron chi connectivity index (χ1n) is 12.2. The minimum absolute atomic E-state index is 0.0685. The zero-order chi connectivity index (χ0) is 25.8. The zero-order valence-corrected chi connectivity index (χ0v) is 20.4. The monoisotopic (exact) mass is 506 g/mol. The molecular formula is C27H27FN4O5. The number of likely N-dealkylation sites (tertiary alicyclic amines) is 1. The van der Waals surface area contributed by atoms with E-state index in [2.05, 4.69) is 42.8 Å². The van der Waals surface area contributed by atoms with Crippen molar-refractivity contribution in [3.8, 4) is 11.8 Å². The number of imidazole rings is 1. The summed E-state index contributed by atoms with van der Waals surface area (Å²) in [5.74, 6) is 6.76. The maximum atomic E-state index is 13.6. The van der Waals surface area contributed by atoms with Gasteiger partial charge in [0.15, 0.2) is 0 Å². The molecule has 1 saturated heterocycles. The molecule has 0 radical (unpaired) electrons. The number of halogens is 1. The van der Waals surface area contributed by atoms with Crippen molar-refractivity contribution in [3.63, 3.8) is 0 Å². The molecule has 0 aliphatic carbocycles. The van der Waals surface area contributed by atoms with E-state index < -0.39 is 11.3 Å². The van der Waals surface area contributed by atoms with Crippen molar-refractivity contribution in [2.75, 3.05) is 13.6 Å². The Morgan fingerprint density at radius 1 is 1.19 bits per heavy atom. The van der Waals surface area contributed by atoms with Gasteiger partial charge in [-0.25, -0.2) is 19.0 Å². The van der Waals surface area contributed by atoms with Gasteiger partial charge in [0.2, 0.25) is 0 Å². The minimum Gasteiger partial charge on any atom is -0.373 e. The molecule has 4 aromatic rings. The average molecular weight is 507 g/mol. The molecule has 3 heterocycles. The van der Waals surface area contributed by atoms with Crippen LogP contribution in [0, 0.1) is 17.7 Å². The number of piperidine rings is 1. The first-order valence-corrected chi connectivity index (χ1v) is 12.2. The van der Waals surface area contributed by atoms with Crippen LogP contribution in [0.5, 0.6) is 0 Å². The van der Waals surface area contributed by atoms with E-state index in [0.29, 0.717) is 25.0 Å². The third-order valence-corrected chi connectivity index (χ3v) is 6.42. The van der Waals surface area contributed by atoms with Crippen LogP contribution in [0.15, 0.2) is 61.1 Å². The summed E-state index contributed by atoms with van der Waals surface area (Å²) in [4.78, 5) is 33.1. The van der Waals surface area contributed by atoms with Gasteiger partial charge in [0, 0.05) is 18.5 Å². The van der Waals surface area contributed by atoms with Crippen molar-refractivity contribution in [3.05, 3.63) is 86.1 Å². The molecule has 1 aliphatic heterocycles. The van der Waals surface area contributed by atoms with Crippen molar-refractivity contribution in [2.45, 2.75) is 51.0 Å². The van der Waals surface area contributed by atoms with Crippen LogP contribution in [-0.4, -0.2) is 39.5 Å². The lowest BCUT2D eigenvalue weighted by atomic mass is 9.99. The smallest absolute Gasteiger partial charge is 0.373 e. The number of hydrogen-bond donors (Lipinski definition) is 1. The summed E-state index contributed by atoms with van der Waals surface area (Å²) in [5, 5.41) is 0. The van der Waals surface area contributed by atoms with Crippen LogP contribution in [0.1, 0.15) is 48.7 Å². The summed E-state index contributed by atoms with van der Waals surface area (Å²) in [6.45, 7) is 1.62. The molecule has 0 saturated carbocycles. The Kier molecular flexibility index (Phi) is 7.35. The number of rotatable bonds is 7. The molecule has 2 aromatic carbocycles. The van der Waals surface area contributed by atoms with Crippen LogP contribution in [-0.2, 0) is 17.9 Å². The van der Waals surface area contributed by atoms with Crippen LogP contribution >= 0.6 is 0 Å². The molecule has 2 unspecified atom stereocenters. The number of hydrogen-bond acceptors (Lipinski definition) is 7. The summed E-state index contributed by atoms with van der Waals surface area (Å²) >= 11 is 0. The Morgan fingerprint density at radius 2 is 2.03 bits per heavy atom. The van der Waals surface area contributed by atoms with E-state index in [1.165, 1.54) is 12.1 Å². The summed E-state index contributed by atoms with van der Waals surface area (Å²) in [5.41, 5.74) is 1.37. The van der Waals surface area contributed by atoms with Crippen molar-refractivity contribution in [2.24, 2.45) is 0 Å². The van der Waals surface area contributed by atoms with Gasteiger partial charge in [0.05, 0.1) is 36.3 Å². The highest BCUT2D eigenvalue weighted by Crippen LogP contribution is 2.31. The molecule has 2 aromatic heterocycles. The highest BCUT2D eigenvalue weighted by Gasteiger charge is 2.30. The lowest BCUT2D eigenvalue weighted by Crippen LogP contribution is -2.37. The van der Waals surface area contributed by atoms with E-state index in [1.54, 1.807) is 6.07 Å². The van der Waals surface area contributed by atoms with Gasteiger partial charge < -0.3 is 9.72 Å². The van der Waals surface area contributed by atoms with E-state index in [4.69, 9.17) is 4.74 Å². The number of nitrogens with one attached hydrogen (secondary N) is 1. The number of nitrogens with zero attached hydrogens (tertiary/aromatic N) is 3. The summed E-state index contributed by atoms with van der Waals surface area (Å²) in [7, 11) is 2.07. The number of aryl methyl sites for hydroxylation is 1. The molecule has 192 valence electrons. The molecule has 37 heavy (non-hydrogen) atoms. The van der Waals surface area contributed by atoms with Crippen molar-refractivity contribution in [1.82, 2.24) is 19.8 Å². The van der Waals surface area contributed by atoms with Crippen molar-refractivity contribution >= 4 is 11.0 Å². The van der Waals surface area contributed by atoms with Gasteiger partial charge in [0.25, 0.3) is 0 Å². The molecule has 0 spiro atoms. The Labute approximate surface area is 211 Å². The lowest BCUT2D eigenvalue weighted by Gasteiger charge is -2.35. The van der Waals surface area contributed by atoms with Crippen LogP contribution in [0.3, 0.4) is 0 Å². The number of aromatic amines is 1. The first-order chi connectivity index (χ1) is 17.9. The maximum absolute atomic E-state index is 13.6. The van der Waals surface area contributed by atoms with Gasteiger partial charge in [-0.2, -0.15) is 0 Å². The number of ether oxygens (including phenoxy) is 1. The molecule has 5 rings (SSSR count). The highest BCUT2D eigenvalue weighted by molar-refractivity contribution is 5.75. The largest absolute Gasteiger partial charge is 0.446 e. The van der Waals surface area contributed by atoms with Crippen molar-refractivity contribution < 1.29 is 18.2 Å². The third kappa shape index (κ3) is 6.07. The van der Waals surface area contributed by atoms with E-state index in [1.807, 2.05) is 24.3 Å². The quantitative estimate of drug-likeness (QED) is 0.232. The summed E-state index contributed by atoms with van der Waals surface area (Å²) < 4.78 is 29.1. The second-order valence-corrected chi connectivity index (χ2v) is 9.16. The Bertz CT molecular complexity index is 1530. The molecule has 1 aliphatic rings. The molecule has 1 fully saturated rings. The number of benzene rings is 2. The highest BCUT2D eigenvalue weighted by atomic mass is 19.1. The molecule has 9 nitrogen and oxygen atoms in total. The van der Waals surface area contributed by atoms with Gasteiger partial charge in [0.1, 0.15) is 11.6 Å². The predicted octanol–water partition coefficient (Wildman–Crippen LogP) is 3.59. The summed E-state index contributed by atoms with van der Waals surface area (Å²) in [6.07, 6.45) is 2.92. The van der Waals surface area contributed by atoms with E-state index in [0.717, 1.165) is 46.8 Å². The van der Waals surface area contributed by atoms with E-state index in [9.17, 15) is 14.0 Å². The Morgan fingerprint density at radius 3 is 2.86 bits per heavy atom. The Balaban J connectivity index is 1.14. The fourth-order valence-corrected chi connectivity index (χ4v) is 4.46. The minimum atomic E-state index is -1.01. The zero-order valence-electron chi connectivity index (χ0n) is 20.4. The first kappa shape index (κ1) is 24.7. The molecule has 10 heteroatoms. The summed E-state index contributed by atoms with van der Waals surface area (Å²) in [6, 6.07) is 12.6. The van der Waals surface area contributed by atoms with E-state index in [-0.39, 0.29) is 24.5 Å². The average Bonchev–Trinajstić information content (AvgIpc) is 3.45. The third-order valence-electron chi connectivity index (χ3n) is 6.42. The second kappa shape index (κ2) is 11.0. The van der Waals surface area contributed by atoms with E-state index >= 15 is 0 Å². The van der Waals surface area contributed by atoms with Crippen LogP contribution < -0.4 is 11.3 Å². The molecule has 2 atom stereocenters. The lowest BCUT2D eigenvalue weighted by molar-refractivity contribution is -0.0196. The second-order valence-electron chi connectivity index (χ2n) is 9.16. The number of unbranched alkanes of at least 4 members (excludes halogenated alkanes) is 1. The number of fused-ring (bicyclic) bond motifs is 1. The Hall–Kier alpha value is -3.94. The SMILES string of the molecule is CN1CCC(OCc2cccc(C#CCCCn3oc(=O)c(=O)o3)c2)CC1c1nc2ccc(F)cc2[nH]1. The number of H-pyrrole nitrogens is 1. The predicted molar refractivity (Wildman–Crippen MR) is 133 cm³/mol. The molecule has 0 amide bonds. The molecule has 0 bridgehead atoms. The fraction of sp³-hybridized carbons (Fsp3) is 0.370. The fourth-order valence-electron chi connectivity index (χ4n) is 4.46. The van der Waals surface area contributed by atoms with Crippen molar-refractivity contribution in [1.29, 1.82) is 0 Å². The van der Waals surface area contributed by atoms with Crippen LogP contribution in [0.2, 0.25) is 0 Å².